The molecule has 1 rings (SSSR count). The average Bonchev–Trinajstić information content (AvgIpc) is 2.73. The Balaban J connectivity index is 2.33. The fourth-order valence-electron chi connectivity index (χ4n) is 1.55. The zero-order valence-corrected chi connectivity index (χ0v) is 11.2. The monoisotopic (exact) mass is 256 g/mol. The number of nitrogens with one attached hydrogen (secondary N) is 1. The minimum atomic E-state index is 0.00314. The molecular formula is C12H20N2O2S. The number of carbonyl (C=O) groups is 1. The van der Waals surface area contributed by atoms with Gasteiger partial charge in [-0.1, -0.05) is 6.92 Å². The second-order valence-electron chi connectivity index (χ2n) is 4.10. The van der Waals surface area contributed by atoms with E-state index in [1.54, 1.807) is 11.3 Å². The lowest BCUT2D eigenvalue weighted by molar-refractivity contribution is -0.121. The van der Waals surface area contributed by atoms with Gasteiger partial charge in [-0.2, -0.15) is 0 Å². The van der Waals surface area contributed by atoms with Gasteiger partial charge >= 0.3 is 0 Å². The average molecular weight is 256 g/mol. The molecule has 0 aliphatic rings. The van der Waals surface area contributed by atoms with Gasteiger partial charge in [0.2, 0.25) is 5.91 Å². The number of hydrogen-bond acceptors (Lipinski definition) is 4. The van der Waals surface area contributed by atoms with Crippen molar-refractivity contribution in [2.24, 2.45) is 0 Å². The van der Waals surface area contributed by atoms with Crippen LogP contribution in [0.15, 0.2) is 5.38 Å². The van der Waals surface area contributed by atoms with Crippen molar-refractivity contribution < 1.29 is 9.90 Å². The molecule has 17 heavy (non-hydrogen) atoms. The standard InChI is InChI=1S/C12H20N2O2S/c1-3-12-14-10(8-17-12)7-11(16)13-9(2)5-4-6-15/h8-9,15H,3-7H2,1-2H3,(H,13,16). The number of aryl methyl sites for hydroxylation is 1. The molecule has 0 bridgehead atoms. The maximum atomic E-state index is 11.7. The molecule has 0 saturated heterocycles. The van der Waals surface area contributed by atoms with E-state index in [-0.39, 0.29) is 18.6 Å². The predicted molar refractivity (Wildman–Crippen MR) is 69.1 cm³/mol. The third-order valence-corrected chi connectivity index (χ3v) is 3.49. The maximum Gasteiger partial charge on any atom is 0.226 e. The van der Waals surface area contributed by atoms with E-state index in [1.165, 1.54) is 0 Å². The molecular weight excluding hydrogens is 236 g/mol. The van der Waals surface area contributed by atoms with Crippen molar-refractivity contribution in [2.75, 3.05) is 6.61 Å². The van der Waals surface area contributed by atoms with Gasteiger partial charge in [0.25, 0.3) is 0 Å². The molecule has 0 fully saturated rings. The van der Waals surface area contributed by atoms with E-state index >= 15 is 0 Å². The lowest BCUT2D eigenvalue weighted by atomic mass is 10.2. The predicted octanol–water partition coefficient (Wildman–Crippen LogP) is 1.53. The summed E-state index contributed by atoms with van der Waals surface area (Å²) in [5, 5.41) is 14.6. The van der Waals surface area contributed by atoms with Crippen molar-refractivity contribution in [3.63, 3.8) is 0 Å². The molecule has 1 aromatic rings. The van der Waals surface area contributed by atoms with Crippen molar-refractivity contribution in [3.05, 3.63) is 16.1 Å². The lowest BCUT2D eigenvalue weighted by Gasteiger charge is -2.12. The SMILES string of the molecule is CCc1nc(CC(=O)NC(C)CCCO)cs1. The molecule has 2 N–H and O–H groups in total. The zero-order valence-electron chi connectivity index (χ0n) is 10.4. The highest BCUT2D eigenvalue weighted by Gasteiger charge is 2.10. The van der Waals surface area contributed by atoms with E-state index in [4.69, 9.17) is 5.11 Å². The van der Waals surface area contributed by atoms with Crippen LogP contribution in [0.5, 0.6) is 0 Å². The summed E-state index contributed by atoms with van der Waals surface area (Å²) >= 11 is 1.60. The van der Waals surface area contributed by atoms with Crippen LogP contribution in [0.25, 0.3) is 0 Å². The molecule has 0 saturated carbocycles. The van der Waals surface area contributed by atoms with Crippen molar-refractivity contribution >= 4 is 17.2 Å². The smallest absolute Gasteiger partial charge is 0.226 e. The van der Waals surface area contributed by atoms with Gasteiger partial charge < -0.3 is 10.4 Å². The van der Waals surface area contributed by atoms with E-state index in [0.29, 0.717) is 6.42 Å². The number of aliphatic hydroxyl groups is 1. The third-order valence-electron chi connectivity index (χ3n) is 2.45. The van der Waals surface area contributed by atoms with E-state index in [0.717, 1.165) is 30.0 Å². The molecule has 1 amide bonds. The van der Waals surface area contributed by atoms with Crippen LogP contribution < -0.4 is 5.32 Å². The normalized spacial score (nSPS) is 12.4. The summed E-state index contributed by atoms with van der Waals surface area (Å²) < 4.78 is 0. The quantitative estimate of drug-likeness (QED) is 0.777. The van der Waals surface area contributed by atoms with Gasteiger partial charge in [0.05, 0.1) is 17.1 Å². The number of aromatic nitrogens is 1. The Morgan fingerprint density at radius 2 is 2.41 bits per heavy atom. The highest BCUT2D eigenvalue weighted by Crippen LogP contribution is 2.10. The molecule has 1 aromatic heterocycles. The second-order valence-corrected chi connectivity index (χ2v) is 5.04. The Morgan fingerprint density at radius 3 is 3.00 bits per heavy atom. The number of nitrogens with zero attached hydrogens (tertiary/aromatic N) is 1. The van der Waals surface area contributed by atoms with Gasteiger partial charge in [-0.25, -0.2) is 4.98 Å². The van der Waals surface area contributed by atoms with E-state index < -0.39 is 0 Å². The van der Waals surface area contributed by atoms with Crippen molar-refractivity contribution in [1.29, 1.82) is 0 Å². The van der Waals surface area contributed by atoms with Gasteiger partial charge in [0.1, 0.15) is 0 Å². The number of amides is 1. The topological polar surface area (TPSA) is 62.2 Å². The van der Waals surface area contributed by atoms with E-state index in [9.17, 15) is 4.79 Å². The molecule has 96 valence electrons. The molecule has 0 radical (unpaired) electrons. The number of carbonyl (C=O) groups excluding carboxylic acids is 1. The van der Waals surface area contributed by atoms with Crippen LogP contribution in [0.4, 0.5) is 0 Å². The lowest BCUT2D eigenvalue weighted by Crippen LogP contribution is -2.33. The van der Waals surface area contributed by atoms with Gasteiger partial charge in [0, 0.05) is 18.0 Å². The summed E-state index contributed by atoms with van der Waals surface area (Å²) in [4.78, 5) is 16.0. The number of hydrogen-bond donors (Lipinski definition) is 2. The number of aliphatic hydroxyl groups excluding tert-OH is 1. The van der Waals surface area contributed by atoms with Crippen LogP contribution in [0.3, 0.4) is 0 Å². The summed E-state index contributed by atoms with van der Waals surface area (Å²) in [5.74, 6) is 0.00314. The summed E-state index contributed by atoms with van der Waals surface area (Å²) in [6, 6.07) is 0.110. The van der Waals surface area contributed by atoms with Crippen LogP contribution in [-0.4, -0.2) is 28.6 Å². The molecule has 1 atom stereocenters. The molecule has 1 heterocycles. The van der Waals surface area contributed by atoms with Crippen molar-refractivity contribution in [2.45, 2.75) is 45.6 Å². The first-order valence-corrected chi connectivity index (χ1v) is 6.87. The summed E-state index contributed by atoms with van der Waals surface area (Å²) in [6.45, 7) is 4.18. The van der Waals surface area contributed by atoms with Gasteiger partial charge in [-0.15, -0.1) is 11.3 Å². The van der Waals surface area contributed by atoms with Crippen LogP contribution in [-0.2, 0) is 17.6 Å². The second kappa shape index (κ2) is 7.40. The minimum absolute atomic E-state index is 0.00314. The number of rotatable bonds is 7. The van der Waals surface area contributed by atoms with Crippen molar-refractivity contribution in [3.8, 4) is 0 Å². The zero-order chi connectivity index (χ0) is 12.7. The first kappa shape index (κ1) is 14.1. The van der Waals surface area contributed by atoms with Crippen LogP contribution in [0, 0.1) is 0 Å². The third kappa shape index (κ3) is 5.28. The van der Waals surface area contributed by atoms with Gasteiger partial charge in [-0.05, 0) is 26.2 Å². The molecule has 4 nitrogen and oxygen atoms in total. The molecule has 0 spiro atoms. The Labute approximate surface area is 106 Å². The Hall–Kier alpha value is -0.940. The first-order chi connectivity index (χ1) is 8.15. The van der Waals surface area contributed by atoms with Crippen LogP contribution in [0.2, 0.25) is 0 Å². The minimum Gasteiger partial charge on any atom is -0.396 e. The van der Waals surface area contributed by atoms with E-state index in [1.807, 2.05) is 12.3 Å². The highest BCUT2D eigenvalue weighted by atomic mass is 32.1. The summed E-state index contributed by atoms with van der Waals surface area (Å²) in [5.41, 5.74) is 0.846. The number of thiazole rings is 1. The molecule has 5 heteroatoms. The first-order valence-electron chi connectivity index (χ1n) is 5.99. The molecule has 0 aromatic carbocycles. The molecule has 0 aliphatic carbocycles. The summed E-state index contributed by atoms with van der Waals surface area (Å²) in [6.07, 6.45) is 2.79. The Kier molecular flexibility index (Phi) is 6.15. The molecule has 1 unspecified atom stereocenters. The highest BCUT2D eigenvalue weighted by molar-refractivity contribution is 7.09. The summed E-state index contributed by atoms with van der Waals surface area (Å²) in [7, 11) is 0. The molecule has 0 aliphatic heterocycles. The van der Waals surface area contributed by atoms with E-state index in [2.05, 4.69) is 17.2 Å². The Bertz CT molecular complexity index is 352. The van der Waals surface area contributed by atoms with Crippen LogP contribution in [0.1, 0.15) is 37.4 Å². The largest absolute Gasteiger partial charge is 0.396 e. The van der Waals surface area contributed by atoms with Crippen LogP contribution >= 0.6 is 11.3 Å². The van der Waals surface area contributed by atoms with Gasteiger partial charge in [0.15, 0.2) is 0 Å². The van der Waals surface area contributed by atoms with Crippen molar-refractivity contribution in [1.82, 2.24) is 10.3 Å². The fraction of sp³-hybridized carbons (Fsp3) is 0.667. The maximum absolute atomic E-state index is 11.7. The Morgan fingerprint density at radius 1 is 1.65 bits per heavy atom. The van der Waals surface area contributed by atoms with Gasteiger partial charge in [-0.3, -0.25) is 4.79 Å². The fourth-order valence-corrected chi connectivity index (χ4v) is 2.30.